The number of methoxy groups -OCH3 is 2. The largest absolute Gasteiger partial charge is 0.504 e. The smallest absolute Gasteiger partial charge is 0.197 e. The molecule has 0 aromatic heterocycles. The molecule has 1 aromatic carbocycles. The third-order valence-corrected chi connectivity index (χ3v) is 6.98. The third-order valence-electron chi connectivity index (χ3n) is 6.28. The van der Waals surface area contributed by atoms with Gasteiger partial charge in [0.1, 0.15) is 0 Å². The van der Waals surface area contributed by atoms with Gasteiger partial charge in [-0.3, -0.25) is 4.79 Å². The molecule has 4 rings (SSSR count). The zero-order valence-electron chi connectivity index (χ0n) is 15.0. The van der Waals surface area contributed by atoms with Crippen molar-refractivity contribution in [3.63, 3.8) is 0 Å². The quantitative estimate of drug-likeness (QED) is 0.759. The van der Waals surface area contributed by atoms with Crippen LogP contribution >= 0.6 is 28.3 Å². The van der Waals surface area contributed by atoms with Gasteiger partial charge < -0.3 is 19.5 Å². The van der Waals surface area contributed by atoms with E-state index in [1.165, 1.54) is 7.11 Å². The molecule has 1 aliphatic heterocycles. The van der Waals surface area contributed by atoms with Gasteiger partial charge in [0.05, 0.1) is 14.2 Å². The second-order valence-corrected chi connectivity index (χ2v) is 8.11. The number of ether oxygens (including phenoxy) is 2. The Kier molecular flexibility index (Phi) is 5.05. The number of allylic oxidation sites excluding steroid dienone is 2. The average Bonchev–Trinajstić information content (AvgIpc) is 2.60. The molecule has 0 radical (unpaired) electrons. The number of piperidine rings is 1. The molecule has 142 valence electrons. The second kappa shape index (κ2) is 6.73. The highest BCUT2D eigenvalue weighted by atomic mass is 79.9. The summed E-state index contributed by atoms with van der Waals surface area (Å²) in [7, 11) is 5.22. The van der Waals surface area contributed by atoms with Crippen LogP contribution < -0.4 is 4.74 Å². The third kappa shape index (κ3) is 2.49. The van der Waals surface area contributed by atoms with Gasteiger partial charge in [-0.25, -0.2) is 0 Å². The highest BCUT2D eigenvalue weighted by Crippen LogP contribution is 2.58. The fourth-order valence-corrected chi connectivity index (χ4v) is 5.62. The van der Waals surface area contributed by atoms with Gasteiger partial charge in [0.2, 0.25) is 0 Å². The Labute approximate surface area is 167 Å². The van der Waals surface area contributed by atoms with Gasteiger partial charge >= 0.3 is 0 Å². The van der Waals surface area contributed by atoms with Crippen molar-refractivity contribution in [2.45, 2.75) is 30.7 Å². The number of fused-ring (bicyclic) bond motifs is 1. The van der Waals surface area contributed by atoms with Crippen molar-refractivity contribution in [2.75, 3.05) is 27.8 Å². The Morgan fingerprint density at radius 2 is 2.04 bits per heavy atom. The summed E-state index contributed by atoms with van der Waals surface area (Å²) in [5.41, 5.74) is 1.60. The van der Waals surface area contributed by atoms with E-state index in [9.17, 15) is 9.90 Å². The van der Waals surface area contributed by atoms with E-state index in [1.807, 2.05) is 12.1 Å². The first kappa shape index (κ1) is 19.5. The Bertz CT molecular complexity index is 796. The number of nitrogens with zero attached hydrogens (tertiary/aromatic N) is 1. The van der Waals surface area contributed by atoms with Crippen LogP contribution in [0.2, 0.25) is 0 Å². The van der Waals surface area contributed by atoms with Gasteiger partial charge in [-0.1, -0.05) is 15.9 Å². The van der Waals surface area contributed by atoms with Gasteiger partial charge in [0.15, 0.2) is 23.0 Å². The number of aromatic hydroxyl groups is 1. The SMILES string of the molecule is COC1=C[C@]23CCN(C)[C@H](Cc4c(Br)cc(OC)c(O)c42)[C@@H]3CC1=O.Cl. The van der Waals surface area contributed by atoms with Gasteiger partial charge in [0, 0.05) is 27.9 Å². The first-order chi connectivity index (χ1) is 11.9. The van der Waals surface area contributed by atoms with E-state index in [0.717, 1.165) is 35.0 Å². The monoisotopic (exact) mass is 443 g/mol. The minimum absolute atomic E-state index is 0. The van der Waals surface area contributed by atoms with Crippen LogP contribution in [0.1, 0.15) is 24.0 Å². The lowest BCUT2D eigenvalue weighted by Gasteiger charge is -2.56. The van der Waals surface area contributed by atoms with E-state index < -0.39 is 5.41 Å². The van der Waals surface area contributed by atoms with Gasteiger partial charge in [-0.15, -0.1) is 12.4 Å². The minimum atomic E-state index is -0.398. The van der Waals surface area contributed by atoms with E-state index in [1.54, 1.807) is 7.11 Å². The van der Waals surface area contributed by atoms with Gasteiger partial charge in [-0.05, 0) is 50.1 Å². The number of ketones is 1. The number of carbonyl (C=O) groups is 1. The van der Waals surface area contributed by atoms with Gasteiger partial charge in [-0.2, -0.15) is 0 Å². The normalized spacial score (nSPS) is 29.8. The zero-order valence-corrected chi connectivity index (χ0v) is 17.4. The molecule has 0 saturated carbocycles. The predicted molar refractivity (Wildman–Crippen MR) is 104 cm³/mol. The molecule has 1 fully saturated rings. The first-order valence-electron chi connectivity index (χ1n) is 8.52. The molecular weight excluding hydrogens is 422 g/mol. The maximum Gasteiger partial charge on any atom is 0.197 e. The number of hydrogen-bond donors (Lipinski definition) is 1. The van der Waals surface area contributed by atoms with E-state index in [2.05, 4.69) is 27.9 Å². The number of Topliss-reactive ketones (excluding diaryl/α,β-unsaturated/α-hetero) is 1. The molecular formula is C19H23BrClNO4. The average molecular weight is 445 g/mol. The van der Waals surface area contributed by atoms with Crippen LogP contribution in [0.15, 0.2) is 22.4 Å². The highest BCUT2D eigenvalue weighted by Gasteiger charge is 2.56. The maximum absolute atomic E-state index is 12.5. The van der Waals surface area contributed by atoms with Crippen molar-refractivity contribution in [1.29, 1.82) is 0 Å². The molecule has 1 heterocycles. The number of phenolic OH excluding ortho intramolecular Hbond substituents is 1. The molecule has 2 bridgehead atoms. The number of hydrogen-bond acceptors (Lipinski definition) is 5. The van der Waals surface area contributed by atoms with Crippen LogP contribution in [0, 0.1) is 5.92 Å². The van der Waals surface area contributed by atoms with Crippen LogP contribution in [0.4, 0.5) is 0 Å². The van der Waals surface area contributed by atoms with Crippen molar-refractivity contribution >= 4 is 34.1 Å². The van der Waals surface area contributed by atoms with Crippen molar-refractivity contribution < 1.29 is 19.4 Å². The number of phenols is 1. The summed E-state index contributed by atoms with van der Waals surface area (Å²) in [6.45, 7) is 0.913. The number of likely N-dealkylation sites (tertiary alicyclic amines) is 1. The van der Waals surface area contributed by atoms with Crippen molar-refractivity contribution in [1.82, 2.24) is 4.90 Å². The van der Waals surface area contributed by atoms with Crippen LogP contribution in [0.3, 0.4) is 0 Å². The topological polar surface area (TPSA) is 59.0 Å². The van der Waals surface area contributed by atoms with E-state index >= 15 is 0 Å². The summed E-state index contributed by atoms with van der Waals surface area (Å²) in [6, 6.07) is 2.10. The number of benzene rings is 1. The minimum Gasteiger partial charge on any atom is -0.504 e. The summed E-state index contributed by atoms with van der Waals surface area (Å²) in [6.07, 6.45) is 4.06. The molecule has 3 atom stereocenters. The Balaban J connectivity index is 0.00000196. The molecule has 1 N–H and O–H groups in total. The fraction of sp³-hybridized carbons (Fsp3) is 0.526. The summed E-state index contributed by atoms with van der Waals surface area (Å²) in [5.74, 6) is 1.24. The van der Waals surface area contributed by atoms with Crippen LogP contribution in [0.5, 0.6) is 11.5 Å². The number of rotatable bonds is 2. The standard InChI is InChI=1S/C19H22BrNO4.ClH/c1-21-5-4-19-9-16(25-3)14(22)7-11(19)13(21)6-10-12(20)8-15(24-2)18(23)17(10)19;/h8-9,11,13,23H,4-7H2,1-3H3;1H/t11-,13+,19-;/m0./s1. The van der Waals surface area contributed by atoms with Crippen LogP contribution in [-0.2, 0) is 21.4 Å². The molecule has 26 heavy (non-hydrogen) atoms. The zero-order chi connectivity index (χ0) is 17.9. The molecule has 0 unspecified atom stereocenters. The highest BCUT2D eigenvalue weighted by molar-refractivity contribution is 9.10. The molecule has 1 aromatic rings. The van der Waals surface area contributed by atoms with Crippen molar-refractivity contribution in [3.05, 3.63) is 33.5 Å². The Morgan fingerprint density at radius 1 is 1.31 bits per heavy atom. The van der Waals surface area contributed by atoms with Gasteiger partial charge in [0.25, 0.3) is 0 Å². The summed E-state index contributed by atoms with van der Waals surface area (Å²) in [5, 5.41) is 11.0. The maximum atomic E-state index is 12.5. The fourth-order valence-electron chi connectivity index (χ4n) is 5.05. The molecule has 3 aliphatic rings. The Hall–Kier alpha value is -1.24. The lowest BCUT2D eigenvalue weighted by atomic mass is 9.54. The lowest BCUT2D eigenvalue weighted by Crippen LogP contribution is -2.60. The summed E-state index contributed by atoms with van der Waals surface area (Å²) in [4.78, 5) is 14.8. The number of carbonyl (C=O) groups excluding carboxylic acids is 1. The molecule has 0 spiro atoms. The van der Waals surface area contributed by atoms with Crippen molar-refractivity contribution in [3.8, 4) is 11.5 Å². The van der Waals surface area contributed by atoms with E-state index in [0.29, 0.717) is 17.9 Å². The van der Waals surface area contributed by atoms with Crippen LogP contribution in [0.25, 0.3) is 0 Å². The number of halogens is 2. The van der Waals surface area contributed by atoms with E-state index in [-0.39, 0.29) is 35.9 Å². The predicted octanol–water partition coefficient (Wildman–Crippen LogP) is 3.20. The molecule has 2 aliphatic carbocycles. The van der Waals surface area contributed by atoms with E-state index in [4.69, 9.17) is 9.47 Å². The molecule has 7 heteroatoms. The second-order valence-electron chi connectivity index (χ2n) is 7.25. The molecule has 1 saturated heterocycles. The van der Waals surface area contributed by atoms with Crippen LogP contribution in [-0.4, -0.2) is 49.6 Å². The lowest BCUT2D eigenvalue weighted by molar-refractivity contribution is -0.122. The first-order valence-corrected chi connectivity index (χ1v) is 9.31. The summed E-state index contributed by atoms with van der Waals surface area (Å²) < 4.78 is 11.7. The molecule has 0 amide bonds. The molecule has 5 nitrogen and oxygen atoms in total. The number of likely N-dealkylation sites (N-methyl/N-ethyl adjacent to an activating group) is 1. The summed E-state index contributed by atoms with van der Waals surface area (Å²) >= 11 is 3.66. The Morgan fingerprint density at radius 3 is 2.69 bits per heavy atom. The van der Waals surface area contributed by atoms with Crippen molar-refractivity contribution in [2.24, 2.45) is 5.92 Å².